The average molecular weight is 461 g/mol. The van der Waals surface area contributed by atoms with Crippen LogP contribution in [0.4, 0.5) is 10.2 Å². The predicted octanol–water partition coefficient (Wildman–Crippen LogP) is 3.91. The van der Waals surface area contributed by atoms with Crippen LogP contribution in [0, 0.1) is 12.7 Å². The third-order valence-corrected chi connectivity index (χ3v) is 6.30. The molecule has 34 heavy (non-hydrogen) atoms. The number of benzene rings is 2. The van der Waals surface area contributed by atoms with Crippen LogP contribution in [0.15, 0.2) is 60.8 Å². The Bertz CT molecular complexity index is 1230. The van der Waals surface area contributed by atoms with Gasteiger partial charge in [0.1, 0.15) is 23.5 Å². The van der Waals surface area contributed by atoms with Gasteiger partial charge in [-0.15, -0.1) is 0 Å². The summed E-state index contributed by atoms with van der Waals surface area (Å²) in [6, 6.07) is 14.4. The number of aromatic nitrogens is 1. The highest BCUT2D eigenvalue weighted by Crippen LogP contribution is 2.46. The van der Waals surface area contributed by atoms with E-state index in [9.17, 15) is 14.0 Å². The maximum atomic E-state index is 13.3. The summed E-state index contributed by atoms with van der Waals surface area (Å²) in [4.78, 5) is 31.0. The molecule has 8 heteroatoms. The van der Waals surface area contributed by atoms with Gasteiger partial charge in [-0.25, -0.2) is 14.2 Å². The molecule has 0 atom stereocenters. The summed E-state index contributed by atoms with van der Waals surface area (Å²) in [7, 11) is 0. The number of amides is 1. The normalized spacial score (nSPS) is 16.5. The molecule has 1 aliphatic carbocycles. The zero-order valence-electron chi connectivity index (χ0n) is 18.6. The number of carbonyl (C=O) groups is 2. The number of ether oxygens (including phenoxy) is 1. The summed E-state index contributed by atoms with van der Waals surface area (Å²) >= 11 is 0. The van der Waals surface area contributed by atoms with E-state index in [1.54, 1.807) is 42.6 Å². The van der Waals surface area contributed by atoms with Crippen LogP contribution in [-0.2, 0) is 5.54 Å². The van der Waals surface area contributed by atoms with Crippen molar-refractivity contribution >= 4 is 17.7 Å². The first-order valence-electron chi connectivity index (χ1n) is 11.1. The van der Waals surface area contributed by atoms with Crippen molar-refractivity contribution in [2.75, 3.05) is 18.0 Å². The number of carboxylic acids is 1. The van der Waals surface area contributed by atoms with Crippen molar-refractivity contribution in [2.45, 2.75) is 31.4 Å². The van der Waals surface area contributed by atoms with Crippen LogP contribution in [0.1, 0.15) is 44.7 Å². The number of carbonyl (C=O) groups excluding carboxylic acids is 1. The second-order valence-corrected chi connectivity index (χ2v) is 8.90. The third-order valence-electron chi connectivity index (χ3n) is 6.30. The van der Waals surface area contributed by atoms with E-state index in [2.05, 4.69) is 10.3 Å². The van der Waals surface area contributed by atoms with Crippen LogP contribution in [0.5, 0.6) is 5.75 Å². The van der Waals surface area contributed by atoms with Crippen molar-refractivity contribution in [3.8, 4) is 5.75 Å². The minimum absolute atomic E-state index is 0.0769. The van der Waals surface area contributed by atoms with E-state index in [1.807, 2.05) is 17.9 Å². The van der Waals surface area contributed by atoms with Crippen LogP contribution < -0.4 is 15.0 Å². The van der Waals surface area contributed by atoms with Gasteiger partial charge < -0.3 is 20.1 Å². The van der Waals surface area contributed by atoms with Gasteiger partial charge in [0, 0.05) is 6.20 Å². The van der Waals surface area contributed by atoms with E-state index in [1.165, 1.54) is 12.1 Å². The predicted molar refractivity (Wildman–Crippen MR) is 124 cm³/mol. The molecule has 1 saturated carbocycles. The molecule has 0 spiro atoms. The van der Waals surface area contributed by atoms with E-state index in [4.69, 9.17) is 9.84 Å². The van der Waals surface area contributed by atoms with Gasteiger partial charge in [-0.3, -0.25) is 4.79 Å². The summed E-state index contributed by atoms with van der Waals surface area (Å²) < 4.78 is 19.0. The summed E-state index contributed by atoms with van der Waals surface area (Å²) in [5.41, 5.74) is 1.99. The summed E-state index contributed by atoms with van der Waals surface area (Å²) in [5, 5.41) is 12.3. The van der Waals surface area contributed by atoms with Gasteiger partial charge in [-0.05, 0) is 73.4 Å². The Morgan fingerprint density at radius 1 is 1.12 bits per heavy atom. The van der Waals surface area contributed by atoms with Crippen molar-refractivity contribution in [1.82, 2.24) is 10.3 Å². The number of aromatic carboxylic acids is 1. The Hall–Kier alpha value is -3.94. The topological polar surface area (TPSA) is 91.8 Å². The Morgan fingerprint density at radius 2 is 1.79 bits per heavy atom. The quantitative estimate of drug-likeness (QED) is 0.554. The lowest BCUT2D eigenvalue weighted by atomic mass is 10.0. The Balaban J connectivity index is 1.29. The molecule has 1 aliphatic heterocycles. The molecule has 2 aliphatic rings. The Morgan fingerprint density at radius 3 is 2.41 bits per heavy atom. The Kier molecular flexibility index (Phi) is 5.43. The van der Waals surface area contributed by atoms with Gasteiger partial charge in [0.05, 0.1) is 29.8 Å². The molecule has 0 radical (unpaired) electrons. The van der Waals surface area contributed by atoms with E-state index >= 15 is 0 Å². The molecule has 174 valence electrons. The van der Waals surface area contributed by atoms with Gasteiger partial charge in [0.25, 0.3) is 5.91 Å². The third kappa shape index (κ3) is 4.31. The van der Waals surface area contributed by atoms with Crippen LogP contribution in [0.2, 0.25) is 0 Å². The van der Waals surface area contributed by atoms with Crippen molar-refractivity contribution in [3.05, 3.63) is 88.9 Å². The standard InChI is InChI=1S/C26H24FN3O4/c1-16-12-22(24(31)29-26(10-11-26)18-4-2-17(3-5-18)25(32)33)23(28-13-16)30-14-21(15-30)34-20-8-6-19(27)7-9-20/h2-9,12-13,21H,10-11,14-15H2,1H3,(H,29,31)(H,32,33). The summed E-state index contributed by atoms with van der Waals surface area (Å²) in [6.45, 7) is 3.02. The fourth-order valence-electron chi connectivity index (χ4n) is 4.20. The number of nitrogens with zero attached hydrogens (tertiary/aromatic N) is 2. The molecule has 2 fully saturated rings. The SMILES string of the molecule is Cc1cnc(N2CC(Oc3ccc(F)cc3)C2)c(C(=O)NC2(c3ccc(C(=O)O)cc3)CC2)c1. The first-order chi connectivity index (χ1) is 16.3. The fourth-order valence-corrected chi connectivity index (χ4v) is 4.20. The van der Waals surface area contributed by atoms with Gasteiger partial charge in [-0.1, -0.05) is 12.1 Å². The molecule has 0 unspecified atom stereocenters. The molecular formula is C26H24FN3O4. The number of carboxylic acid groups (broad SMARTS) is 1. The van der Waals surface area contributed by atoms with Crippen LogP contribution >= 0.6 is 0 Å². The molecule has 1 saturated heterocycles. The highest BCUT2D eigenvalue weighted by atomic mass is 19.1. The minimum atomic E-state index is -0.979. The van der Waals surface area contributed by atoms with Crippen molar-refractivity contribution in [1.29, 1.82) is 0 Å². The number of rotatable bonds is 7. The zero-order valence-corrected chi connectivity index (χ0v) is 18.6. The van der Waals surface area contributed by atoms with Crippen molar-refractivity contribution < 1.29 is 23.8 Å². The highest BCUT2D eigenvalue weighted by Gasteiger charge is 2.46. The number of halogens is 1. The first-order valence-corrected chi connectivity index (χ1v) is 11.1. The second kappa shape index (κ2) is 8.44. The van der Waals surface area contributed by atoms with Crippen LogP contribution in [0.3, 0.4) is 0 Å². The van der Waals surface area contributed by atoms with Crippen LogP contribution in [-0.4, -0.2) is 41.2 Å². The molecule has 1 amide bonds. The lowest BCUT2D eigenvalue weighted by Gasteiger charge is -2.40. The van der Waals surface area contributed by atoms with Gasteiger partial charge in [0.15, 0.2) is 0 Å². The minimum Gasteiger partial charge on any atom is -0.487 e. The largest absolute Gasteiger partial charge is 0.487 e. The van der Waals surface area contributed by atoms with Gasteiger partial charge in [-0.2, -0.15) is 0 Å². The lowest BCUT2D eigenvalue weighted by Crippen LogP contribution is -2.55. The number of hydrogen-bond acceptors (Lipinski definition) is 5. The molecule has 2 heterocycles. The first kappa shape index (κ1) is 21.9. The van der Waals surface area contributed by atoms with E-state index in [0.717, 1.165) is 24.0 Å². The molecule has 0 bridgehead atoms. The van der Waals surface area contributed by atoms with E-state index in [-0.39, 0.29) is 23.4 Å². The molecule has 7 nitrogen and oxygen atoms in total. The Labute approximate surface area is 196 Å². The second-order valence-electron chi connectivity index (χ2n) is 8.90. The van der Waals surface area contributed by atoms with Gasteiger partial charge in [0.2, 0.25) is 0 Å². The number of nitrogens with one attached hydrogen (secondary N) is 1. The van der Waals surface area contributed by atoms with Gasteiger partial charge >= 0.3 is 5.97 Å². The number of anilines is 1. The van der Waals surface area contributed by atoms with E-state index in [0.29, 0.717) is 30.2 Å². The fraction of sp³-hybridized carbons (Fsp3) is 0.269. The molecule has 3 aromatic rings. The van der Waals surface area contributed by atoms with Crippen molar-refractivity contribution in [3.63, 3.8) is 0 Å². The number of hydrogen-bond donors (Lipinski definition) is 2. The summed E-state index contributed by atoms with van der Waals surface area (Å²) in [5.74, 6) is -0.306. The number of pyridine rings is 1. The monoisotopic (exact) mass is 461 g/mol. The average Bonchev–Trinajstić information content (AvgIpc) is 3.58. The lowest BCUT2D eigenvalue weighted by molar-refractivity contribution is 0.0696. The molecule has 2 N–H and O–H groups in total. The maximum absolute atomic E-state index is 13.3. The van der Waals surface area contributed by atoms with Crippen LogP contribution in [0.25, 0.3) is 0 Å². The van der Waals surface area contributed by atoms with E-state index < -0.39 is 11.5 Å². The summed E-state index contributed by atoms with van der Waals surface area (Å²) in [6.07, 6.45) is 3.23. The number of aryl methyl sites for hydroxylation is 1. The highest BCUT2D eigenvalue weighted by molar-refractivity contribution is 6.00. The smallest absolute Gasteiger partial charge is 0.335 e. The molecule has 5 rings (SSSR count). The maximum Gasteiger partial charge on any atom is 0.335 e. The van der Waals surface area contributed by atoms with Crippen molar-refractivity contribution in [2.24, 2.45) is 0 Å². The molecule has 1 aromatic heterocycles. The molecule has 2 aromatic carbocycles. The zero-order chi connectivity index (χ0) is 23.9. The molecular weight excluding hydrogens is 437 g/mol.